The van der Waals surface area contributed by atoms with Crippen LogP contribution in [0.15, 0.2) is 6.07 Å². The van der Waals surface area contributed by atoms with E-state index in [1.807, 2.05) is 18.8 Å². The molecule has 0 fully saturated rings. The Morgan fingerprint density at radius 3 is 2.42 bits per heavy atom. The van der Waals surface area contributed by atoms with Crippen molar-refractivity contribution in [3.05, 3.63) is 17.5 Å². The molecule has 0 saturated heterocycles. The highest BCUT2D eigenvalue weighted by Gasteiger charge is 2.34. The van der Waals surface area contributed by atoms with Gasteiger partial charge < -0.3 is 10.0 Å². The molecule has 0 aromatic carbocycles. The molecule has 0 spiro atoms. The van der Waals surface area contributed by atoms with Crippen molar-refractivity contribution in [3.8, 4) is 0 Å². The standard InChI is InChI=1S/C15H29N3O/c1-7-12-10-13(18(9-3)16-12)11-14(19)15(4,8-2)17(5)6/h10,14,19H,7-9,11H2,1-6H3. The molecule has 0 aliphatic heterocycles. The number of aryl methyl sites for hydroxylation is 2. The molecule has 4 nitrogen and oxygen atoms in total. The molecule has 0 bridgehead atoms. The van der Waals surface area contributed by atoms with Gasteiger partial charge >= 0.3 is 0 Å². The number of aromatic nitrogens is 2. The van der Waals surface area contributed by atoms with Gasteiger partial charge in [-0.15, -0.1) is 0 Å². The number of rotatable bonds is 7. The van der Waals surface area contributed by atoms with E-state index in [2.05, 4.69) is 43.8 Å². The van der Waals surface area contributed by atoms with Crippen LogP contribution >= 0.6 is 0 Å². The molecule has 2 atom stereocenters. The van der Waals surface area contributed by atoms with Gasteiger partial charge in [0, 0.05) is 24.2 Å². The highest BCUT2D eigenvalue weighted by Crippen LogP contribution is 2.24. The summed E-state index contributed by atoms with van der Waals surface area (Å²) in [6.07, 6.45) is 2.12. The van der Waals surface area contributed by atoms with Gasteiger partial charge in [0.15, 0.2) is 0 Å². The summed E-state index contributed by atoms with van der Waals surface area (Å²) in [5, 5.41) is 15.2. The third kappa shape index (κ3) is 3.37. The Kier molecular flexibility index (Phi) is 5.56. The van der Waals surface area contributed by atoms with E-state index >= 15 is 0 Å². The van der Waals surface area contributed by atoms with E-state index in [9.17, 15) is 5.11 Å². The van der Waals surface area contributed by atoms with Crippen molar-refractivity contribution in [2.45, 2.75) is 65.1 Å². The molecule has 110 valence electrons. The summed E-state index contributed by atoms with van der Waals surface area (Å²) < 4.78 is 2.01. The number of nitrogens with zero attached hydrogens (tertiary/aromatic N) is 3. The van der Waals surface area contributed by atoms with Gasteiger partial charge in [-0.25, -0.2) is 0 Å². The Hall–Kier alpha value is -0.870. The highest BCUT2D eigenvalue weighted by molar-refractivity contribution is 5.13. The zero-order valence-corrected chi connectivity index (χ0v) is 13.3. The topological polar surface area (TPSA) is 41.3 Å². The van der Waals surface area contributed by atoms with Crippen LogP contribution in [-0.4, -0.2) is 45.5 Å². The van der Waals surface area contributed by atoms with Gasteiger partial charge in [0.05, 0.1) is 11.8 Å². The zero-order chi connectivity index (χ0) is 14.6. The summed E-state index contributed by atoms with van der Waals surface area (Å²) in [5.41, 5.74) is 2.04. The number of likely N-dealkylation sites (N-methyl/N-ethyl adjacent to an activating group) is 1. The van der Waals surface area contributed by atoms with Crippen LogP contribution in [0.3, 0.4) is 0 Å². The molecule has 0 aliphatic rings. The Morgan fingerprint density at radius 2 is 2.00 bits per heavy atom. The Morgan fingerprint density at radius 1 is 1.37 bits per heavy atom. The molecule has 1 aromatic heterocycles. The van der Waals surface area contributed by atoms with Crippen molar-refractivity contribution >= 4 is 0 Å². The fourth-order valence-electron chi connectivity index (χ4n) is 2.39. The SMILES string of the molecule is CCc1cc(CC(O)C(C)(CC)N(C)C)n(CC)n1. The summed E-state index contributed by atoms with van der Waals surface area (Å²) >= 11 is 0. The molecule has 4 heteroatoms. The first kappa shape index (κ1) is 16.2. The van der Waals surface area contributed by atoms with Crippen molar-refractivity contribution < 1.29 is 5.11 Å². The number of aliphatic hydroxyl groups is 1. The molecule has 0 saturated carbocycles. The van der Waals surface area contributed by atoms with Gasteiger partial charge in [-0.1, -0.05) is 13.8 Å². The lowest BCUT2D eigenvalue weighted by molar-refractivity contribution is 0.00190. The molecule has 0 aliphatic carbocycles. The van der Waals surface area contributed by atoms with Crippen molar-refractivity contribution in [2.75, 3.05) is 14.1 Å². The maximum atomic E-state index is 10.6. The molecule has 0 amide bonds. The van der Waals surface area contributed by atoms with Crippen molar-refractivity contribution in [1.82, 2.24) is 14.7 Å². The smallest absolute Gasteiger partial charge is 0.0775 e. The van der Waals surface area contributed by atoms with Crippen LogP contribution in [0.4, 0.5) is 0 Å². The summed E-state index contributed by atoms with van der Waals surface area (Å²) in [4.78, 5) is 2.12. The van der Waals surface area contributed by atoms with Crippen LogP contribution in [-0.2, 0) is 19.4 Å². The predicted molar refractivity (Wildman–Crippen MR) is 79.4 cm³/mol. The Balaban J connectivity index is 2.92. The van der Waals surface area contributed by atoms with Crippen LogP contribution in [0.25, 0.3) is 0 Å². The molecular formula is C15H29N3O. The first-order valence-corrected chi connectivity index (χ1v) is 7.30. The van der Waals surface area contributed by atoms with Crippen LogP contribution in [0.2, 0.25) is 0 Å². The molecular weight excluding hydrogens is 238 g/mol. The van der Waals surface area contributed by atoms with Gasteiger partial charge in [-0.2, -0.15) is 5.10 Å². The maximum absolute atomic E-state index is 10.6. The van der Waals surface area contributed by atoms with E-state index in [1.165, 1.54) is 0 Å². The minimum absolute atomic E-state index is 0.199. The van der Waals surface area contributed by atoms with E-state index in [0.717, 1.165) is 30.8 Å². The fourth-order valence-corrected chi connectivity index (χ4v) is 2.39. The van der Waals surface area contributed by atoms with E-state index < -0.39 is 0 Å². The quantitative estimate of drug-likeness (QED) is 0.822. The van der Waals surface area contributed by atoms with Crippen LogP contribution in [0.5, 0.6) is 0 Å². The first-order chi connectivity index (χ1) is 8.88. The molecule has 2 unspecified atom stereocenters. The van der Waals surface area contributed by atoms with E-state index in [0.29, 0.717) is 6.42 Å². The van der Waals surface area contributed by atoms with Crippen LogP contribution < -0.4 is 0 Å². The lowest BCUT2D eigenvalue weighted by Crippen LogP contribution is -2.51. The minimum Gasteiger partial charge on any atom is -0.391 e. The lowest BCUT2D eigenvalue weighted by atomic mass is 9.87. The maximum Gasteiger partial charge on any atom is 0.0775 e. The van der Waals surface area contributed by atoms with Crippen molar-refractivity contribution in [2.24, 2.45) is 0 Å². The van der Waals surface area contributed by atoms with Gasteiger partial charge in [0.2, 0.25) is 0 Å². The second-order valence-electron chi connectivity index (χ2n) is 5.62. The summed E-state index contributed by atoms with van der Waals surface area (Å²) in [6.45, 7) is 9.29. The van der Waals surface area contributed by atoms with Gasteiger partial charge in [-0.3, -0.25) is 4.68 Å². The average Bonchev–Trinajstić information content (AvgIpc) is 2.79. The molecule has 19 heavy (non-hydrogen) atoms. The molecule has 1 N–H and O–H groups in total. The normalized spacial score (nSPS) is 16.6. The number of hydrogen-bond acceptors (Lipinski definition) is 3. The summed E-state index contributed by atoms with van der Waals surface area (Å²) in [5.74, 6) is 0. The van der Waals surface area contributed by atoms with Crippen molar-refractivity contribution in [3.63, 3.8) is 0 Å². The van der Waals surface area contributed by atoms with Gasteiger partial charge in [0.1, 0.15) is 0 Å². The predicted octanol–water partition coefficient (Wildman–Crippen LogP) is 2.10. The Bertz CT molecular complexity index is 400. The number of aliphatic hydroxyl groups excluding tert-OH is 1. The highest BCUT2D eigenvalue weighted by atomic mass is 16.3. The lowest BCUT2D eigenvalue weighted by Gasteiger charge is -2.40. The second-order valence-corrected chi connectivity index (χ2v) is 5.62. The Labute approximate surface area is 117 Å². The molecule has 1 rings (SSSR count). The van der Waals surface area contributed by atoms with Gasteiger partial charge in [0.25, 0.3) is 0 Å². The summed E-state index contributed by atoms with van der Waals surface area (Å²) in [7, 11) is 4.06. The molecule has 1 aromatic rings. The van der Waals surface area contributed by atoms with Crippen molar-refractivity contribution in [1.29, 1.82) is 0 Å². The average molecular weight is 267 g/mol. The summed E-state index contributed by atoms with van der Waals surface area (Å²) in [6, 6.07) is 2.12. The van der Waals surface area contributed by atoms with Gasteiger partial charge in [-0.05, 0) is 46.9 Å². The minimum atomic E-state index is -0.390. The zero-order valence-electron chi connectivity index (χ0n) is 13.3. The van der Waals surface area contributed by atoms with Crippen LogP contribution in [0.1, 0.15) is 45.5 Å². The second kappa shape index (κ2) is 6.53. The van der Waals surface area contributed by atoms with E-state index in [1.54, 1.807) is 0 Å². The fraction of sp³-hybridized carbons (Fsp3) is 0.800. The first-order valence-electron chi connectivity index (χ1n) is 7.30. The van der Waals surface area contributed by atoms with E-state index in [4.69, 9.17) is 0 Å². The third-order valence-corrected chi connectivity index (χ3v) is 4.43. The molecule has 0 radical (unpaired) electrons. The number of hydrogen-bond donors (Lipinski definition) is 1. The third-order valence-electron chi connectivity index (χ3n) is 4.43. The largest absolute Gasteiger partial charge is 0.391 e. The van der Waals surface area contributed by atoms with E-state index in [-0.39, 0.29) is 11.6 Å². The molecule has 1 heterocycles. The van der Waals surface area contributed by atoms with Crippen LogP contribution in [0, 0.1) is 0 Å². The monoisotopic (exact) mass is 267 g/mol.